The number of para-hydroxylation sites is 1. The standard InChI is InChI=1S/C36H29N5O6S/c1-46-26-16-12-23(13-17-26)20-29-34(44)41(33(37-29)24-8-4-3-5-9-24)38-31(42)21-39-30-11-7-6-10-28(30)36(35(39)45)40(32(43)22-48-36)25-14-18-27(47-2)19-15-25/h3-20H,21-22H2,1-2H3,(H,38,42)/b29-20-. The number of ether oxygens (including phenoxy) is 2. The smallest absolute Gasteiger partial charge is 0.297 e. The van der Waals surface area contributed by atoms with E-state index in [-0.39, 0.29) is 23.2 Å². The number of benzene rings is 4. The molecule has 7 rings (SSSR count). The molecule has 4 aromatic carbocycles. The van der Waals surface area contributed by atoms with Gasteiger partial charge in [-0.2, -0.15) is 5.01 Å². The number of carbonyl (C=O) groups is 4. The predicted molar refractivity (Wildman–Crippen MR) is 182 cm³/mol. The maximum absolute atomic E-state index is 14.4. The van der Waals surface area contributed by atoms with E-state index in [2.05, 4.69) is 10.4 Å². The first-order chi connectivity index (χ1) is 23.3. The lowest BCUT2D eigenvalue weighted by molar-refractivity contribution is -0.133. The van der Waals surface area contributed by atoms with E-state index < -0.39 is 29.1 Å². The van der Waals surface area contributed by atoms with Crippen molar-refractivity contribution < 1.29 is 28.7 Å². The number of nitrogens with one attached hydrogen (secondary N) is 1. The van der Waals surface area contributed by atoms with Gasteiger partial charge in [0.05, 0.1) is 25.7 Å². The molecule has 1 unspecified atom stereocenters. The number of hydrogen-bond donors (Lipinski definition) is 1. The molecule has 0 aliphatic carbocycles. The van der Waals surface area contributed by atoms with Crippen molar-refractivity contribution in [2.75, 3.05) is 36.3 Å². The Hall–Kier alpha value is -5.88. The van der Waals surface area contributed by atoms with E-state index in [1.165, 1.54) is 21.6 Å². The Bertz CT molecular complexity index is 2000. The Morgan fingerprint density at radius 1 is 0.875 bits per heavy atom. The predicted octanol–water partition coefficient (Wildman–Crippen LogP) is 4.34. The van der Waals surface area contributed by atoms with Crippen LogP contribution in [0.4, 0.5) is 11.4 Å². The first-order valence-corrected chi connectivity index (χ1v) is 16.0. The van der Waals surface area contributed by atoms with E-state index in [0.717, 1.165) is 10.6 Å². The fourth-order valence-electron chi connectivity index (χ4n) is 6.01. The van der Waals surface area contributed by atoms with Crippen LogP contribution in [-0.2, 0) is 24.0 Å². The van der Waals surface area contributed by atoms with Gasteiger partial charge in [-0.15, -0.1) is 11.8 Å². The largest absolute Gasteiger partial charge is 0.497 e. The van der Waals surface area contributed by atoms with Gasteiger partial charge in [-0.25, -0.2) is 4.99 Å². The third kappa shape index (κ3) is 5.16. The van der Waals surface area contributed by atoms with Crippen LogP contribution in [0.3, 0.4) is 0 Å². The second kappa shape index (κ2) is 12.4. The molecule has 1 N–H and O–H groups in total. The Kier molecular flexibility index (Phi) is 7.93. The monoisotopic (exact) mass is 659 g/mol. The molecule has 3 heterocycles. The van der Waals surface area contributed by atoms with E-state index in [9.17, 15) is 19.2 Å². The zero-order valence-electron chi connectivity index (χ0n) is 26.0. The second-order valence-electron chi connectivity index (χ2n) is 11.0. The van der Waals surface area contributed by atoms with E-state index in [1.807, 2.05) is 18.2 Å². The first kappa shape index (κ1) is 30.8. The van der Waals surface area contributed by atoms with E-state index in [1.54, 1.807) is 105 Å². The van der Waals surface area contributed by atoms with Gasteiger partial charge >= 0.3 is 0 Å². The summed E-state index contributed by atoms with van der Waals surface area (Å²) in [5.41, 5.74) is 5.78. The van der Waals surface area contributed by atoms with Crippen molar-refractivity contribution in [2.45, 2.75) is 4.87 Å². The molecule has 0 bridgehead atoms. The lowest BCUT2D eigenvalue weighted by Crippen LogP contribution is -2.54. The summed E-state index contributed by atoms with van der Waals surface area (Å²) in [4.78, 5) is 61.3. The molecule has 3 aliphatic heterocycles. The van der Waals surface area contributed by atoms with Gasteiger partial charge in [0.2, 0.25) is 10.8 Å². The number of carbonyl (C=O) groups excluding carboxylic acids is 4. The molecule has 12 heteroatoms. The third-order valence-corrected chi connectivity index (χ3v) is 9.63. The number of hydrogen-bond acceptors (Lipinski definition) is 8. The Morgan fingerprint density at radius 3 is 2.21 bits per heavy atom. The van der Waals surface area contributed by atoms with Crippen LogP contribution in [0, 0.1) is 0 Å². The van der Waals surface area contributed by atoms with Crippen molar-refractivity contribution in [1.29, 1.82) is 0 Å². The number of amidine groups is 1. The van der Waals surface area contributed by atoms with Gasteiger partial charge in [-0.3, -0.25) is 34.4 Å². The van der Waals surface area contributed by atoms with Crippen molar-refractivity contribution in [3.8, 4) is 11.5 Å². The minimum atomic E-state index is -1.41. The topological polar surface area (TPSA) is 121 Å². The number of thioether (sulfide) groups is 1. The molecule has 240 valence electrons. The summed E-state index contributed by atoms with van der Waals surface area (Å²) < 4.78 is 10.5. The molecule has 11 nitrogen and oxygen atoms in total. The van der Waals surface area contributed by atoms with Crippen LogP contribution in [0.25, 0.3) is 6.08 Å². The molecule has 1 atom stereocenters. The number of amides is 4. The summed E-state index contributed by atoms with van der Waals surface area (Å²) in [5.74, 6) is -0.230. The second-order valence-corrected chi connectivity index (χ2v) is 12.2. The highest BCUT2D eigenvalue weighted by Crippen LogP contribution is 2.55. The quantitative estimate of drug-likeness (QED) is 0.280. The minimum Gasteiger partial charge on any atom is -0.497 e. The molecule has 0 saturated carbocycles. The summed E-state index contributed by atoms with van der Waals surface area (Å²) >= 11 is 1.21. The van der Waals surface area contributed by atoms with Crippen LogP contribution in [0.2, 0.25) is 0 Å². The van der Waals surface area contributed by atoms with Crippen molar-refractivity contribution in [1.82, 2.24) is 10.4 Å². The molecular weight excluding hydrogens is 630 g/mol. The van der Waals surface area contributed by atoms with Crippen molar-refractivity contribution in [3.63, 3.8) is 0 Å². The molecule has 1 fully saturated rings. The summed E-state index contributed by atoms with van der Waals surface area (Å²) in [7, 11) is 3.12. The number of anilines is 2. The average molecular weight is 660 g/mol. The van der Waals surface area contributed by atoms with Gasteiger partial charge in [-0.1, -0.05) is 60.7 Å². The summed E-state index contributed by atoms with van der Waals surface area (Å²) in [6.45, 7) is -0.411. The van der Waals surface area contributed by atoms with E-state index in [4.69, 9.17) is 9.47 Å². The first-order valence-electron chi connectivity index (χ1n) is 15.0. The zero-order chi connectivity index (χ0) is 33.4. The number of hydrazine groups is 1. The van der Waals surface area contributed by atoms with Crippen molar-refractivity contribution in [2.24, 2.45) is 4.99 Å². The van der Waals surface area contributed by atoms with Crippen LogP contribution in [0.15, 0.2) is 114 Å². The number of fused-ring (bicyclic) bond motifs is 2. The summed E-state index contributed by atoms with van der Waals surface area (Å²) in [6.07, 6.45) is 1.63. The van der Waals surface area contributed by atoms with Crippen molar-refractivity contribution in [3.05, 3.63) is 126 Å². The molecule has 4 aromatic rings. The van der Waals surface area contributed by atoms with Crippen LogP contribution in [-0.4, -0.2) is 61.0 Å². The fourth-order valence-corrected chi connectivity index (χ4v) is 7.37. The van der Waals surface area contributed by atoms with Crippen LogP contribution >= 0.6 is 11.8 Å². The van der Waals surface area contributed by atoms with Gasteiger partial charge in [0.15, 0.2) is 5.84 Å². The molecule has 0 radical (unpaired) electrons. The van der Waals surface area contributed by atoms with Gasteiger partial charge in [0.1, 0.15) is 23.7 Å². The van der Waals surface area contributed by atoms with Gasteiger partial charge in [0.25, 0.3) is 17.7 Å². The van der Waals surface area contributed by atoms with Gasteiger partial charge < -0.3 is 9.47 Å². The number of nitrogens with zero attached hydrogens (tertiary/aromatic N) is 4. The SMILES string of the molecule is COc1ccc(/C=C2\N=C(c3ccccc3)N(NC(=O)CN3C(=O)C4(SCC(=O)N4c4ccc(OC)cc4)c4ccccc43)C2=O)cc1. The lowest BCUT2D eigenvalue weighted by Gasteiger charge is -2.33. The van der Waals surface area contributed by atoms with Crippen LogP contribution < -0.4 is 24.7 Å². The maximum atomic E-state index is 14.4. The molecule has 1 spiro atoms. The normalized spacial score (nSPS) is 19.3. The molecule has 4 amide bonds. The van der Waals surface area contributed by atoms with Crippen molar-refractivity contribution >= 4 is 58.7 Å². The van der Waals surface area contributed by atoms with Gasteiger partial charge in [-0.05, 0) is 54.1 Å². The highest BCUT2D eigenvalue weighted by atomic mass is 32.2. The van der Waals surface area contributed by atoms with Gasteiger partial charge in [0, 0.05) is 16.8 Å². The molecule has 0 aromatic heterocycles. The fraction of sp³-hybridized carbons (Fsp3) is 0.139. The van der Waals surface area contributed by atoms with E-state index >= 15 is 0 Å². The molecular formula is C36H29N5O6S. The number of aliphatic imine (C=N–C) groups is 1. The molecule has 1 saturated heterocycles. The summed E-state index contributed by atoms with van der Waals surface area (Å²) in [5, 5.41) is 1.10. The Morgan fingerprint density at radius 2 is 1.52 bits per heavy atom. The molecule has 48 heavy (non-hydrogen) atoms. The van der Waals surface area contributed by atoms with Crippen LogP contribution in [0.5, 0.6) is 11.5 Å². The zero-order valence-corrected chi connectivity index (χ0v) is 26.8. The van der Waals surface area contributed by atoms with Crippen LogP contribution in [0.1, 0.15) is 16.7 Å². The Balaban J connectivity index is 1.18. The Labute approximate surface area is 280 Å². The maximum Gasteiger partial charge on any atom is 0.297 e. The average Bonchev–Trinajstić information content (AvgIpc) is 3.71. The number of rotatable bonds is 8. The third-order valence-electron chi connectivity index (χ3n) is 8.24. The minimum absolute atomic E-state index is 0.0780. The number of methoxy groups -OCH3 is 2. The lowest BCUT2D eigenvalue weighted by atomic mass is 10.0. The molecule has 3 aliphatic rings. The highest BCUT2D eigenvalue weighted by molar-refractivity contribution is 8.02. The summed E-state index contributed by atoms with van der Waals surface area (Å²) in [6, 6.07) is 30.2. The highest BCUT2D eigenvalue weighted by Gasteiger charge is 2.61. The van der Waals surface area contributed by atoms with E-state index in [0.29, 0.717) is 34.0 Å².